The summed E-state index contributed by atoms with van der Waals surface area (Å²) in [6.45, 7) is 0. The van der Waals surface area contributed by atoms with Crippen LogP contribution in [-0.2, 0) is 5.41 Å². The maximum absolute atomic E-state index is 6.53. The molecule has 2 aliphatic rings. The van der Waals surface area contributed by atoms with Crippen molar-refractivity contribution in [1.29, 1.82) is 0 Å². The van der Waals surface area contributed by atoms with Gasteiger partial charge in [-0.2, -0.15) is 0 Å². The maximum Gasteiger partial charge on any atom is 0.137 e. The lowest BCUT2D eigenvalue weighted by atomic mass is 9.67. The fraction of sp³-hybridized carbons (Fsp3) is 0.0189. The Bertz CT molecular complexity index is 3150. The normalized spacial score (nSPS) is 13.4. The van der Waals surface area contributed by atoms with Gasteiger partial charge in [0.2, 0.25) is 0 Å². The molecule has 0 amide bonds. The zero-order valence-corrected chi connectivity index (χ0v) is 31.1. The van der Waals surface area contributed by atoms with Gasteiger partial charge in [-0.05, 0) is 98.2 Å². The summed E-state index contributed by atoms with van der Waals surface area (Å²) in [7, 11) is 0. The van der Waals surface area contributed by atoms with Crippen molar-refractivity contribution in [1.82, 2.24) is 0 Å². The molecule has 56 heavy (non-hydrogen) atoms. The van der Waals surface area contributed by atoms with E-state index in [1.165, 1.54) is 59.5 Å². The molecule has 0 bridgehead atoms. The molecular weight excluding hydrogens is 699 g/mol. The minimum atomic E-state index is -0.526. The van der Waals surface area contributed by atoms with Gasteiger partial charge in [0.25, 0.3) is 0 Å². The van der Waals surface area contributed by atoms with Crippen LogP contribution in [0.25, 0.3) is 55.0 Å². The van der Waals surface area contributed by atoms with Crippen molar-refractivity contribution in [3.8, 4) is 22.3 Å². The highest BCUT2D eigenvalue weighted by Gasteiger charge is 2.51. The highest BCUT2D eigenvalue weighted by atomic mass is 32.2. The van der Waals surface area contributed by atoms with Gasteiger partial charge in [0.15, 0.2) is 0 Å². The van der Waals surface area contributed by atoms with Gasteiger partial charge in [0.1, 0.15) is 11.2 Å². The zero-order chi connectivity index (χ0) is 36.8. The molecule has 9 aromatic carbocycles. The van der Waals surface area contributed by atoms with Gasteiger partial charge in [-0.15, -0.1) is 0 Å². The summed E-state index contributed by atoms with van der Waals surface area (Å²) in [5.74, 6) is 0. The third-order valence-corrected chi connectivity index (χ3v) is 13.1. The number of benzene rings is 9. The molecule has 0 fully saturated rings. The minimum absolute atomic E-state index is 0.526. The van der Waals surface area contributed by atoms with Crippen molar-refractivity contribution in [2.24, 2.45) is 0 Å². The molecule has 3 heteroatoms. The number of furan rings is 1. The predicted molar refractivity (Wildman–Crippen MR) is 233 cm³/mol. The molecule has 0 N–H and O–H groups in total. The summed E-state index contributed by atoms with van der Waals surface area (Å²) >= 11 is 1.88. The quantitative estimate of drug-likeness (QED) is 0.179. The van der Waals surface area contributed by atoms with Crippen molar-refractivity contribution >= 4 is 61.5 Å². The van der Waals surface area contributed by atoms with Crippen LogP contribution in [-0.4, -0.2) is 0 Å². The highest BCUT2D eigenvalue weighted by molar-refractivity contribution is 7.99. The number of nitrogens with zero attached hydrogens (tertiary/aromatic N) is 1. The Hall–Kier alpha value is -6.81. The summed E-state index contributed by atoms with van der Waals surface area (Å²) in [5.41, 5.74) is 14.7. The van der Waals surface area contributed by atoms with Crippen LogP contribution in [0.2, 0.25) is 0 Å². The number of hydrogen-bond donors (Lipinski definition) is 0. The molecule has 1 aliphatic carbocycles. The van der Waals surface area contributed by atoms with Crippen LogP contribution >= 0.6 is 11.8 Å². The summed E-state index contributed by atoms with van der Waals surface area (Å²) in [6, 6.07) is 73.3. The molecule has 262 valence electrons. The Morgan fingerprint density at radius 2 is 1.09 bits per heavy atom. The predicted octanol–water partition coefficient (Wildman–Crippen LogP) is 14.7. The fourth-order valence-electron chi connectivity index (χ4n) is 9.67. The standard InChI is InChI=1S/C53H33NOS/c1-2-15-34(16-3-1)37-18-6-10-23-45(37)54(46-24-14-26-48-52(46)40-20-7-11-25-47(40)55-48)36-30-31-39-44(33-36)53(43-32-29-35-17-4-5-19-38(35)51(39)43)41-21-8-12-27-49(41)56-50-28-13-9-22-42(50)53/h1-33H. The molecule has 10 aromatic rings. The van der Waals surface area contributed by atoms with Crippen LogP contribution in [0.1, 0.15) is 22.3 Å². The molecule has 2 heterocycles. The first-order valence-corrected chi connectivity index (χ1v) is 20.0. The Balaban J connectivity index is 1.22. The summed E-state index contributed by atoms with van der Waals surface area (Å²) in [4.78, 5) is 5.06. The number of fused-ring (bicyclic) bond motifs is 14. The summed E-state index contributed by atoms with van der Waals surface area (Å²) in [5, 5.41) is 4.73. The SMILES string of the molecule is c1ccc(-c2ccccc2N(c2ccc3c(c2)C2(c4ccccc4Sc4ccccc42)c2ccc4ccccc4c2-3)c2cccc3oc4ccccc4c23)cc1. The monoisotopic (exact) mass is 731 g/mol. The Morgan fingerprint density at radius 1 is 0.429 bits per heavy atom. The van der Waals surface area contributed by atoms with E-state index in [9.17, 15) is 0 Å². The van der Waals surface area contributed by atoms with Crippen molar-refractivity contribution in [3.63, 3.8) is 0 Å². The Kier molecular flexibility index (Phi) is 6.81. The van der Waals surface area contributed by atoms with Gasteiger partial charge in [0.05, 0.1) is 22.2 Å². The van der Waals surface area contributed by atoms with Gasteiger partial charge < -0.3 is 9.32 Å². The lowest BCUT2D eigenvalue weighted by Crippen LogP contribution is -2.32. The molecule has 0 atom stereocenters. The smallest absolute Gasteiger partial charge is 0.137 e. The number of hydrogen-bond acceptors (Lipinski definition) is 3. The highest BCUT2D eigenvalue weighted by Crippen LogP contribution is 2.64. The molecule has 0 saturated carbocycles. The van der Waals surface area contributed by atoms with Crippen molar-refractivity contribution in [2.45, 2.75) is 15.2 Å². The summed E-state index contributed by atoms with van der Waals surface area (Å²) < 4.78 is 6.53. The van der Waals surface area contributed by atoms with E-state index >= 15 is 0 Å². The van der Waals surface area contributed by atoms with E-state index in [4.69, 9.17) is 4.42 Å². The molecule has 12 rings (SSSR count). The average molecular weight is 732 g/mol. The second-order valence-electron chi connectivity index (χ2n) is 14.8. The van der Waals surface area contributed by atoms with Crippen LogP contribution in [0.4, 0.5) is 17.1 Å². The van der Waals surface area contributed by atoms with E-state index in [1.54, 1.807) is 0 Å². The topological polar surface area (TPSA) is 16.4 Å². The number of anilines is 3. The Morgan fingerprint density at radius 3 is 1.93 bits per heavy atom. The van der Waals surface area contributed by atoms with Crippen LogP contribution in [0.5, 0.6) is 0 Å². The third kappa shape index (κ3) is 4.35. The second kappa shape index (κ2) is 12.1. The molecule has 2 nitrogen and oxygen atoms in total. The van der Waals surface area contributed by atoms with E-state index < -0.39 is 5.41 Å². The number of rotatable bonds is 4. The van der Waals surface area contributed by atoms with Crippen LogP contribution in [0.15, 0.2) is 214 Å². The van der Waals surface area contributed by atoms with Crippen LogP contribution < -0.4 is 4.90 Å². The molecule has 0 radical (unpaired) electrons. The lowest BCUT2D eigenvalue weighted by molar-refractivity contribution is 0.669. The van der Waals surface area contributed by atoms with Crippen LogP contribution in [0.3, 0.4) is 0 Å². The first-order chi connectivity index (χ1) is 27.8. The van der Waals surface area contributed by atoms with Gasteiger partial charge in [-0.3, -0.25) is 0 Å². The summed E-state index contributed by atoms with van der Waals surface area (Å²) in [6.07, 6.45) is 0. The van der Waals surface area contributed by atoms with E-state index in [0.717, 1.165) is 44.6 Å². The molecule has 0 saturated heterocycles. The minimum Gasteiger partial charge on any atom is -0.456 e. The first-order valence-electron chi connectivity index (χ1n) is 19.2. The lowest BCUT2D eigenvalue weighted by Gasteiger charge is -2.40. The van der Waals surface area contributed by atoms with Gasteiger partial charge in [-0.25, -0.2) is 0 Å². The van der Waals surface area contributed by atoms with E-state index in [-0.39, 0.29) is 0 Å². The van der Waals surface area contributed by atoms with E-state index in [2.05, 4.69) is 199 Å². The largest absolute Gasteiger partial charge is 0.456 e. The zero-order valence-electron chi connectivity index (χ0n) is 30.3. The van der Waals surface area contributed by atoms with Gasteiger partial charge in [-0.1, -0.05) is 163 Å². The average Bonchev–Trinajstić information content (AvgIpc) is 3.79. The number of para-hydroxylation sites is 2. The third-order valence-electron chi connectivity index (χ3n) is 11.9. The first kappa shape index (κ1) is 31.5. The molecule has 0 unspecified atom stereocenters. The van der Waals surface area contributed by atoms with E-state index in [0.29, 0.717) is 0 Å². The van der Waals surface area contributed by atoms with Crippen molar-refractivity contribution in [3.05, 3.63) is 222 Å². The van der Waals surface area contributed by atoms with Gasteiger partial charge in [0, 0.05) is 26.4 Å². The van der Waals surface area contributed by atoms with Crippen molar-refractivity contribution < 1.29 is 4.42 Å². The van der Waals surface area contributed by atoms with E-state index in [1.807, 2.05) is 17.8 Å². The van der Waals surface area contributed by atoms with Crippen molar-refractivity contribution in [2.75, 3.05) is 4.90 Å². The second-order valence-corrected chi connectivity index (χ2v) is 15.8. The maximum atomic E-state index is 6.53. The molecule has 1 aromatic heterocycles. The van der Waals surface area contributed by atoms with Gasteiger partial charge >= 0.3 is 0 Å². The Labute approximate surface area is 329 Å². The molecular formula is C53H33NOS. The molecule has 1 spiro atoms. The fourth-order valence-corrected chi connectivity index (χ4v) is 10.9. The molecule has 1 aliphatic heterocycles. The van der Waals surface area contributed by atoms with Crippen LogP contribution in [0, 0.1) is 0 Å².